The SMILES string of the molecule is CCCCN(CCCC)N1N=C(NN)C=C(OC)N1. The molecule has 0 saturated carbocycles. The molecular weight excluding hydrogens is 244 g/mol. The van der Waals surface area contributed by atoms with Crippen LogP contribution < -0.4 is 16.7 Å². The lowest BCUT2D eigenvalue weighted by Crippen LogP contribution is -2.52. The average molecular weight is 270 g/mol. The molecule has 19 heavy (non-hydrogen) atoms. The van der Waals surface area contributed by atoms with E-state index in [1.54, 1.807) is 18.4 Å². The third kappa shape index (κ3) is 4.96. The number of hydrogen-bond donors (Lipinski definition) is 3. The van der Waals surface area contributed by atoms with E-state index in [2.05, 4.69) is 34.8 Å². The average Bonchev–Trinajstić information content (AvgIpc) is 2.46. The van der Waals surface area contributed by atoms with Crippen molar-refractivity contribution in [3.05, 3.63) is 12.0 Å². The van der Waals surface area contributed by atoms with Gasteiger partial charge in [0, 0.05) is 19.2 Å². The van der Waals surface area contributed by atoms with Crippen molar-refractivity contribution in [3.63, 3.8) is 0 Å². The molecule has 110 valence electrons. The van der Waals surface area contributed by atoms with E-state index in [0.29, 0.717) is 11.7 Å². The fourth-order valence-electron chi connectivity index (χ4n) is 1.70. The van der Waals surface area contributed by atoms with Gasteiger partial charge in [0.25, 0.3) is 0 Å². The van der Waals surface area contributed by atoms with Crippen molar-refractivity contribution < 1.29 is 4.74 Å². The first-order valence-corrected chi connectivity index (χ1v) is 6.87. The number of nitrogens with zero attached hydrogens (tertiary/aromatic N) is 3. The number of unbranched alkanes of at least 4 members (excludes halogenated alkanes) is 2. The Hall–Kier alpha value is -1.47. The first kappa shape index (κ1) is 15.6. The van der Waals surface area contributed by atoms with E-state index in [0.717, 1.165) is 38.8 Å². The summed E-state index contributed by atoms with van der Waals surface area (Å²) in [5.41, 5.74) is 5.65. The van der Waals surface area contributed by atoms with Gasteiger partial charge in [0.05, 0.1) is 7.11 Å². The molecule has 7 nitrogen and oxygen atoms in total. The summed E-state index contributed by atoms with van der Waals surface area (Å²) in [7, 11) is 1.61. The standard InChI is InChI=1S/C12H26N6O/c1-4-6-8-17(9-7-5-2)18-15-11(14-13)10-12(16-18)19-3/h10,16H,4-9,13H2,1-3H3,(H,14,15). The van der Waals surface area contributed by atoms with Crippen LogP contribution in [0.15, 0.2) is 17.1 Å². The van der Waals surface area contributed by atoms with Gasteiger partial charge >= 0.3 is 0 Å². The van der Waals surface area contributed by atoms with E-state index in [1.165, 1.54) is 0 Å². The van der Waals surface area contributed by atoms with Crippen molar-refractivity contribution in [2.45, 2.75) is 39.5 Å². The molecule has 0 fully saturated rings. The Morgan fingerprint density at radius 3 is 2.47 bits per heavy atom. The van der Waals surface area contributed by atoms with Crippen LogP contribution in [0, 0.1) is 0 Å². The van der Waals surface area contributed by atoms with Crippen LogP contribution in [-0.4, -0.2) is 36.3 Å². The molecule has 0 aromatic carbocycles. The predicted molar refractivity (Wildman–Crippen MR) is 76.2 cm³/mol. The molecule has 7 heteroatoms. The molecule has 0 spiro atoms. The van der Waals surface area contributed by atoms with Crippen molar-refractivity contribution in [2.75, 3.05) is 20.2 Å². The number of hydrazone groups is 1. The Morgan fingerprint density at radius 1 is 1.37 bits per heavy atom. The number of nitrogens with two attached hydrogens (primary N) is 1. The lowest BCUT2D eigenvalue weighted by molar-refractivity contribution is -0.0767. The summed E-state index contributed by atoms with van der Waals surface area (Å²) in [6.45, 7) is 6.25. The molecule has 0 aromatic heterocycles. The second-order valence-corrected chi connectivity index (χ2v) is 4.40. The molecule has 4 N–H and O–H groups in total. The minimum absolute atomic E-state index is 0.564. The highest BCUT2D eigenvalue weighted by Crippen LogP contribution is 2.08. The Morgan fingerprint density at radius 2 is 2.00 bits per heavy atom. The number of nitrogens with one attached hydrogen (secondary N) is 2. The van der Waals surface area contributed by atoms with Crippen molar-refractivity contribution >= 4 is 5.84 Å². The molecule has 0 bridgehead atoms. The lowest BCUT2D eigenvalue weighted by atomic mass is 10.3. The molecular formula is C12H26N6O. The summed E-state index contributed by atoms with van der Waals surface area (Å²) in [6.07, 6.45) is 6.25. The second-order valence-electron chi connectivity index (χ2n) is 4.40. The molecule has 1 aliphatic rings. The van der Waals surface area contributed by atoms with E-state index in [1.807, 2.05) is 0 Å². The molecule has 0 amide bonds. The van der Waals surface area contributed by atoms with Crippen molar-refractivity contribution in [1.29, 1.82) is 0 Å². The third-order valence-electron chi connectivity index (χ3n) is 2.86. The van der Waals surface area contributed by atoms with Crippen LogP contribution >= 0.6 is 0 Å². The highest BCUT2D eigenvalue weighted by Gasteiger charge is 2.19. The van der Waals surface area contributed by atoms with Crippen LogP contribution in [0.3, 0.4) is 0 Å². The van der Waals surface area contributed by atoms with Crippen LogP contribution in [0.4, 0.5) is 0 Å². The van der Waals surface area contributed by atoms with Crippen LogP contribution in [0.2, 0.25) is 0 Å². The number of ether oxygens (including phenoxy) is 1. The molecule has 0 aromatic rings. The zero-order valence-electron chi connectivity index (χ0n) is 12.1. The lowest BCUT2D eigenvalue weighted by Gasteiger charge is -2.35. The number of amidine groups is 1. The van der Waals surface area contributed by atoms with Gasteiger partial charge in [0.2, 0.25) is 5.88 Å². The molecule has 0 unspecified atom stereocenters. The fraction of sp³-hybridized carbons (Fsp3) is 0.750. The summed E-state index contributed by atoms with van der Waals surface area (Å²) >= 11 is 0. The Balaban J connectivity index is 2.71. The van der Waals surface area contributed by atoms with Gasteiger partial charge in [-0.2, -0.15) is 5.01 Å². The zero-order valence-corrected chi connectivity index (χ0v) is 12.1. The second kappa shape index (κ2) is 8.60. The number of rotatable bonds is 8. The predicted octanol–water partition coefficient (Wildman–Crippen LogP) is 0.888. The van der Waals surface area contributed by atoms with Crippen molar-refractivity contribution in [2.24, 2.45) is 10.9 Å². The fourth-order valence-corrected chi connectivity index (χ4v) is 1.70. The summed E-state index contributed by atoms with van der Waals surface area (Å²) < 4.78 is 5.22. The van der Waals surface area contributed by atoms with E-state index in [4.69, 9.17) is 10.6 Å². The third-order valence-corrected chi connectivity index (χ3v) is 2.86. The topological polar surface area (TPSA) is 78.2 Å². The molecule has 0 aliphatic carbocycles. The van der Waals surface area contributed by atoms with Gasteiger partial charge in [-0.15, -0.1) is 10.3 Å². The Kier molecular flexibility index (Phi) is 7.06. The molecule has 0 atom stereocenters. The minimum atomic E-state index is 0.564. The van der Waals surface area contributed by atoms with Gasteiger partial charge < -0.3 is 10.2 Å². The van der Waals surface area contributed by atoms with Gasteiger partial charge in [-0.1, -0.05) is 26.7 Å². The highest BCUT2D eigenvalue weighted by atomic mass is 16.5. The molecule has 1 heterocycles. The smallest absolute Gasteiger partial charge is 0.211 e. The van der Waals surface area contributed by atoms with Gasteiger partial charge in [-0.25, -0.2) is 11.3 Å². The van der Waals surface area contributed by atoms with Crippen LogP contribution in [0.5, 0.6) is 0 Å². The van der Waals surface area contributed by atoms with E-state index < -0.39 is 0 Å². The summed E-state index contributed by atoms with van der Waals surface area (Å²) in [5, 5.41) is 8.25. The van der Waals surface area contributed by atoms with E-state index in [-0.39, 0.29) is 0 Å². The first-order valence-electron chi connectivity index (χ1n) is 6.87. The summed E-state index contributed by atoms with van der Waals surface area (Å²) in [6, 6.07) is 0. The molecule has 1 aliphatic heterocycles. The number of hydrazine groups is 3. The van der Waals surface area contributed by atoms with Crippen LogP contribution in [0.25, 0.3) is 0 Å². The maximum absolute atomic E-state index is 5.43. The van der Waals surface area contributed by atoms with Gasteiger partial charge in [0.15, 0.2) is 5.84 Å². The maximum Gasteiger partial charge on any atom is 0.211 e. The van der Waals surface area contributed by atoms with Gasteiger partial charge in [0.1, 0.15) is 0 Å². The van der Waals surface area contributed by atoms with E-state index in [9.17, 15) is 0 Å². The quantitative estimate of drug-likeness (QED) is 0.449. The minimum Gasteiger partial charge on any atom is -0.481 e. The maximum atomic E-state index is 5.43. The largest absolute Gasteiger partial charge is 0.481 e. The first-order chi connectivity index (χ1) is 9.24. The summed E-state index contributed by atoms with van der Waals surface area (Å²) in [4.78, 5) is 0. The molecule has 0 saturated heterocycles. The zero-order chi connectivity index (χ0) is 14.1. The monoisotopic (exact) mass is 270 g/mol. The van der Waals surface area contributed by atoms with Crippen LogP contribution in [0.1, 0.15) is 39.5 Å². The molecule has 1 rings (SSSR count). The van der Waals surface area contributed by atoms with Gasteiger partial charge in [-0.3, -0.25) is 0 Å². The normalized spacial score (nSPS) is 14.9. The number of hydrogen-bond acceptors (Lipinski definition) is 7. The molecule has 0 radical (unpaired) electrons. The van der Waals surface area contributed by atoms with Crippen molar-refractivity contribution in [1.82, 2.24) is 21.1 Å². The Labute approximate surface area is 115 Å². The highest BCUT2D eigenvalue weighted by molar-refractivity contribution is 5.92. The Bertz CT molecular complexity index is 309. The van der Waals surface area contributed by atoms with Gasteiger partial charge in [-0.05, 0) is 12.8 Å². The van der Waals surface area contributed by atoms with Crippen molar-refractivity contribution in [3.8, 4) is 0 Å². The van der Waals surface area contributed by atoms with Crippen LogP contribution in [-0.2, 0) is 4.74 Å². The van der Waals surface area contributed by atoms with E-state index >= 15 is 0 Å². The summed E-state index contributed by atoms with van der Waals surface area (Å²) in [5.74, 6) is 6.60. The number of methoxy groups -OCH3 is 1.